The van der Waals surface area contributed by atoms with E-state index in [9.17, 15) is 0 Å². The molecule has 1 fully saturated rings. The van der Waals surface area contributed by atoms with Crippen LogP contribution in [0.25, 0.3) is 0 Å². The second-order valence-corrected chi connectivity index (χ2v) is 6.24. The Morgan fingerprint density at radius 1 is 1.30 bits per heavy atom. The molecule has 0 bridgehead atoms. The van der Waals surface area contributed by atoms with Gasteiger partial charge in [0.1, 0.15) is 12.4 Å². The lowest BCUT2D eigenvalue weighted by Gasteiger charge is -2.34. The Morgan fingerprint density at radius 3 is 2.80 bits per heavy atom. The zero-order valence-electron chi connectivity index (χ0n) is 12.3. The molecule has 1 aliphatic heterocycles. The summed E-state index contributed by atoms with van der Waals surface area (Å²) >= 11 is 3.47. The first-order valence-electron chi connectivity index (χ1n) is 7.62. The van der Waals surface area contributed by atoms with E-state index in [1.54, 1.807) is 0 Å². The van der Waals surface area contributed by atoms with Gasteiger partial charge in [0.25, 0.3) is 0 Å². The fraction of sp³-hybridized carbons (Fsp3) is 0.625. The monoisotopic (exact) mass is 340 g/mol. The van der Waals surface area contributed by atoms with Crippen molar-refractivity contribution >= 4 is 15.9 Å². The minimum Gasteiger partial charge on any atom is -0.492 e. The molecule has 0 atom stereocenters. The number of ether oxygens (including phenoxy) is 1. The van der Waals surface area contributed by atoms with Crippen LogP contribution in [0.3, 0.4) is 0 Å². The molecule has 0 unspecified atom stereocenters. The van der Waals surface area contributed by atoms with E-state index in [1.165, 1.54) is 25.8 Å². The number of benzene rings is 1. The fourth-order valence-corrected chi connectivity index (χ4v) is 3.15. The Kier molecular flexibility index (Phi) is 6.83. The first-order valence-corrected chi connectivity index (χ1v) is 8.42. The van der Waals surface area contributed by atoms with Crippen molar-refractivity contribution < 1.29 is 4.74 Å². The third-order valence-corrected chi connectivity index (χ3v) is 4.27. The molecule has 0 spiro atoms. The number of hydrogen-bond acceptors (Lipinski definition) is 3. The van der Waals surface area contributed by atoms with Gasteiger partial charge in [-0.3, -0.25) is 4.90 Å². The predicted octanol–water partition coefficient (Wildman–Crippen LogP) is 3.29. The number of nitrogens with one attached hydrogen (secondary N) is 1. The van der Waals surface area contributed by atoms with E-state index in [4.69, 9.17) is 4.74 Å². The van der Waals surface area contributed by atoms with E-state index in [1.807, 2.05) is 24.3 Å². The lowest BCUT2D eigenvalue weighted by molar-refractivity contribution is 0.135. The summed E-state index contributed by atoms with van der Waals surface area (Å²) in [6.07, 6.45) is 3.73. The highest BCUT2D eigenvalue weighted by molar-refractivity contribution is 9.10. The summed E-state index contributed by atoms with van der Waals surface area (Å²) in [5, 5.41) is 3.44. The van der Waals surface area contributed by atoms with E-state index < -0.39 is 0 Å². The summed E-state index contributed by atoms with van der Waals surface area (Å²) in [4.78, 5) is 2.60. The van der Waals surface area contributed by atoms with Crippen molar-refractivity contribution in [3.8, 4) is 5.75 Å². The van der Waals surface area contributed by atoms with Crippen LogP contribution in [-0.4, -0.2) is 43.7 Å². The van der Waals surface area contributed by atoms with Crippen LogP contribution in [0, 0.1) is 0 Å². The summed E-state index contributed by atoms with van der Waals surface area (Å²) in [7, 11) is 0. The molecule has 1 aromatic carbocycles. The largest absolute Gasteiger partial charge is 0.492 e. The molecule has 0 aromatic heterocycles. The zero-order valence-corrected chi connectivity index (χ0v) is 13.9. The van der Waals surface area contributed by atoms with Crippen LogP contribution >= 0.6 is 15.9 Å². The molecule has 1 saturated heterocycles. The Labute approximate surface area is 130 Å². The van der Waals surface area contributed by atoms with Crippen molar-refractivity contribution in [1.82, 2.24) is 10.2 Å². The lowest BCUT2D eigenvalue weighted by Crippen LogP contribution is -2.45. The van der Waals surface area contributed by atoms with Crippen molar-refractivity contribution in [2.45, 2.75) is 32.2 Å². The second kappa shape index (κ2) is 8.65. The van der Waals surface area contributed by atoms with Gasteiger partial charge < -0.3 is 10.1 Å². The van der Waals surface area contributed by atoms with E-state index in [0.717, 1.165) is 42.5 Å². The lowest BCUT2D eigenvalue weighted by atomic mass is 10.0. The molecule has 1 N–H and O–H groups in total. The van der Waals surface area contributed by atoms with Crippen LogP contribution < -0.4 is 10.1 Å². The van der Waals surface area contributed by atoms with Gasteiger partial charge in [-0.2, -0.15) is 0 Å². The van der Waals surface area contributed by atoms with Crippen molar-refractivity contribution in [3.05, 3.63) is 28.7 Å². The Balaban J connectivity index is 1.79. The molecule has 0 aliphatic carbocycles. The van der Waals surface area contributed by atoms with Crippen LogP contribution in [0.15, 0.2) is 28.7 Å². The average Bonchev–Trinajstić information content (AvgIpc) is 2.47. The van der Waals surface area contributed by atoms with Crippen molar-refractivity contribution in [2.24, 2.45) is 0 Å². The second-order valence-electron chi connectivity index (χ2n) is 5.32. The highest BCUT2D eigenvalue weighted by atomic mass is 79.9. The number of halogens is 1. The van der Waals surface area contributed by atoms with Gasteiger partial charge in [0, 0.05) is 17.1 Å². The van der Waals surface area contributed by atoms with Crippen LogP contribution in [0.4, 0.5) is 0 Å². The maximum Gasteiger partial charge on any atom is 0.120 e. The first kappa shape index (κ1) is 15.8. The molecule has 0 amide bonds. The maximum atomic E-state index is 5.87. The van der Waals surface area contributed by atoms with Crippen LogP contribution in [-0.2, 0) is 0 Å². The minimum atomic E-state index is 0.724. The summed E-state index contributed by atoms with van der Waals surface area (Å²) in [5.41, 5.74) is 0. The SMILES string of the molecule is CCCN(CCOc1cccc(Br)c1)C1CCNCC1. The Morgan fingerprint density at radius 2 is 2.10 bits per heavy atom. The smallest absolute Gasteiger partial charge is 0.120 e. The molecular formula is C16H25BrN2O. The van der Waals surface area contributed by atoms with Gasteiger partial charge in [-0.15, -0.1) is 0 Å². The minimum absolute atomic E-state index is 0.724. The molecule has 1 aromatic rings. The number of nitrogens with zero attached hydrogens (tertiary/aromatic N) is 1. The third kappa shape index (κ3) is 5.08. The molecule has 20 heavy (non-hydrogen) atoms. The van der Waals surface area contributed by atoms with E-state index in [0.29, 0.717) is 0 Å². The average molecular weight is 341 g/mol. The van der Waals surface area contributed by atoms with Gasteiger partial charge in [0.2, 0.25) is 0 Å². The van der Waals surface area contributed by atoms with E-state index >= 15 is 0 Å². The molecule has 2 rings (SSSR count). The molecular weight excluding hydrogens is 316 g/mol. The zero-order chi connectivity index (χ0) is 14.2. The van der Waals surface area contributed by atoms with Gasteiger partial charge in [0.15, 0.2) is 0 Å². The third-order valence-electron chi connectivity index (χ3n) is 3.78. The van der Waals surface area contributed by atoms with Crippen LogP contribution in [0.5, 0.6) is 5.75 Å². The van der Waals surface area contributed by atoms with Gasteiger partial charge >= 0.3 is 0 Å². The quantitative estimate of drug-likeness (QED) is 0.824. The van der Waals surface area contributed by atoms with Crippen LogP contribution in [0.2, 0.25) is 0 Å². The van der Waals surface area contributed by atoms with E-state index in [2.05, 4.69) is 33.1 Å². The highest BCUT2D eigenvalue weighted by Crippen LogP contribution is 2.18. The molecule has 3 nitrogen and oxygen atoms in total. The summed E-state index contributed by atoms with van der Waals surface area (Å²) in [6.45, 7) is 7.51. The number of rotatable bonds is 7. The summed E-state index contributed by atoms with van der Waals surface area (Å²) in [6, 6.07) is 8.79. The standard InChI is InChI=1S/C16H25BrN2O/c1-2-10-19(15-6-8-18-9-7-15)11-12-20-16-5-3-4-14(17)13-16/h3-5,13,15,18H,2,6-12H2,1H3. The Bertz CT molecular complexity index is 394. The van der Waals surface area contributed by atoms with Gasteiger partial charge in [-0.25, -0.2) is 0 Å². The highest BCUT2D eigenvalue weighted by Gasteiger charge is 2.19. The predicted molar refractivity (Wildman–Crippen MR) is 87.4 cm³/mol. The van der Waals surface area contributed by atoms with Crippen LogP contribution in [0.1, 0.15) is 26.2 Å². The van der Waals surface area contributed by atoms with Crippen molar-refractivity contribution in [2.75, 3.05) is 32.8 Å². The maximum absolute atomic E-state index is 5.87. The normalized spacial score (nSPS) is 16.6. The molecule has 1 aliphatic rings. The molecule has 112 valence electrons. The van der Waals surface area contributed by atoms with Crippen molar-refractivity contribution in [1.29, 1.82) is 0 Å². The first-order chi connectivity index (χ1) is 9.79. The fourth-order valence-electron chi connectivity index (χ4n) is 2.77. The van der Waals surface area contributed by atoms with Crippen molar-refractivity contribution in [3.63, 3.8) is 0 Å². The van der Waals surface area contributed by atoms with Gasteiger partial charge in [-0.05, 0) is 57.1 Å². The summed E-state index contributed by atoms with van der Waals surface area (Å²) < 4.78 is 6.94. The molecule has 1 heterocycles. The molecule has 0 saturated carbocycles. The number of piperidine rings is 1. The molecule has 0 radical (unpaired) electrons. The van der Waals surface area contributed by atoms with Gasteiger partial charge in [0.05, 0.1) is 0 Å². The summed E-state index contributed by atoms with van der Waals surface area (Å²) in [5.74, 6) is 0.945. The molecule has 4 heteroatoms. The Hall–Kier alpha value is -0.580. The topological polar surface area (TPSA) is 24.5 Å². The van der Waals surface area contributed by atoms with Gasteiger partial charge in [-0.1, -0.05) is 28.9 Å². The number of hydrogen-bond donors (Lipinski definition) is 1. The van der Waals surface area contributed by atoms with E-state index in [-0.39, 0.29) is 0 Å².